The zero-order chi connectivity index (χ0) is 20.9. The Hall–Kier alpha value is -3.25. The van der Waals surface area contributed by atoms with Crippen molar-refractivity contribution in [2.24, 2.45) is 14.1 Å². The van der Waals surface area contributed by atoms with Gasteiger partial charge in [0.2, 0.25) is 10.0 Å². The number of aromatic nitrogens is 5. The molecule has 0 saturated heterocycles. The van der Waals surface area contributed by atoms with Crippen LogP contribution in [-0.4, -0.2) is 38.4 Å². The molecule has 1 unspecified atom stereocenters. The highest BCUT2D eigenvalue weighted by Gasteiger charge is 2.20. The van der Waals surface area contributed by atoms with Gasteiger partial charge in [-0.25, -0.2) is 22.9 Å². The van der Waals surface area contributed by atoms with Gasteiger partial charge in [-0.05, 0) is 19.1 Å². The van der Waals surface area contributed by atoms with Gasteiger partial charge in [-0.3, -0.25) is 18.6 Å². The molecule has 0 saturated carbocycles. The first-order chi connectivity index (χ1) is 13.7. The molecule has 1 aromatic carbocycles. The van der Waals surface area contributed by atoms with Gasteiger partial charge in [-0.1, -0.05) is 0 Å². The maximum absolute atomic E-state index is 12.7. The lowest BCUT2D eigenvalue weighted by molar-refractivity contribution is 0.510. The molecule has 12 heteroatoms. The topological polar surface area (TPSA) is 134 Å². The number of oxazole rings is 1. The number of aryl methyl sites for hydroxylation is 2. The first-order valence-electron chi connectivity index (χ1n) is 8.66. The van der Waals surface area contributed by atoms with Crippen molar-refractivity contribution in [3.8, 4) is 0 Å². The number of fused-ring (bicyclic) bond motifs is 2. The third-order valence-corrected chi connectivity index (χ3v) is 6.21. The van der Waals surface area contributed by atoms with Gasteiger partial charge in [0.1, 0.15) is 11.7 Å². The Morgan fingerprint density at radius 1 is 1.24 bits per heavy atom. The molecule has 4 rings (SSSR count). The third-order valence-electron chi connectivity index (χ3n) is 4.62. The summed E-state index contributed by atoms with van der Waals surface area (Å²) in [5.41, 5.74) is 0.818. The average molecular weight is 418 g/mol. The van der Waals surface area contributed by atoms with Gasteiger partial charge in [0.05, 0.1) is 16.6 Å². The van der Waals surface area contributed by atoms with Gasteiger partial charge in [0.15, 0.2) is 11.2 Å². The van der Waals surface area contributed by atoms with E-state index in [1.165, 1.54) is 51.6 Å². The quantitative estimate of drug-likeness (QED) is 0.480. The van der Waals surface area contributed by atoms with Crippen molar-refractivity contribution in [1.82, 2.24) is 28.6 Å². The molecule has 3 heterocycles. The second kappa shape index (κ2) is 6.67. The number of benzene rings is 1. The van der Waals surface area contributed by atoms with E-state index >= 15 is 0 Å². The highest BCUT2D eigenvalue weighted by molar-refractivity contribution is 7.89. The molecule has 3 aromatic heterocycles. The van der Waals surface area contributed by atoms with Gasteiger partial charge < -0.3 is 4.42 Å². The first-order valence-corrected chi connectivity index (χ1v) is 10.1. The lowest BCUT2D eigenvalue weighted by Gasteiger charge is -2.15. The Morgan fingerprint density at radius 2 is 2.00 bits per heavy atom. The number of hydrogen-bond donors (Lipinski definition) is 1. The molecule has 152 valence electrons. The normalized spacial score (nSPS) is 13.3. The minimum Gasteiger partial charge on any atom is -0.408 e. The van der Waals surface area contributed by atoms with E-state index in [9.17, 15) is 18.0 Å². The van der Waals surface area contributed by atoms with E-state index in [0.717, 1.165) is 0 Å². The maximum atomic E-state index is 12.7. The van der Waals surface area contributed by atoms with E-state index in [1.54, 1.807) is 14.0 Å². The fraction of sp³-hybridized carbons (Fsp3) is 0.294. The molecule has 11 nitrogen and oxygen atoms in total. The predicted molar refractivity (Wildman–Crippen MR) is 104 cm³/mol. The van der Waals surface area contributed by atoms with E-state index in [-0.39, 0.29) is 22.6 Å². The Kier molecular flexibility index (Phi) is 4.39. The molecule has 4 aromatic rings. The molecule has 0 aliphatic rings. The molecule has 0 bridgehead atoms. The Balaban J connectivity index is 1.59. The molecule has 0 fully saturated rings. The molecule has 0 aliphatic heterocycles. The van der Waals surface area contributed by atoms with Crippen molar-refractivity contribution in [2.75, 3.05) is 0 Å². The SMILES string of the molecule is CC(Cn1cnc2c(cnn2C)c1=O)NS(=O)(=O)c1ccc2c(c1)oc(=O)n2C. The zero-order valence-corrected chi connectivity index (χ0v) is 16.7. The summed E-state index contributed by atoms with van der Waals surface area (Å²) in [6.45, 7) is 1.72. The minimum absolute atomic E-state index is 0.0422. The summed E-state index contributed by atoms with van der Waals surface area (Å²) >= 11 is 0. The fourth-order valence-electron chi connectivity index (χ4n) is 3.14. The van der Waals surface area contributed by atoms with Crippen LogP contribution in [0.25, 0.3) is 22.1 Å². The second-order valence-corrected chi connectivity index (χ2v) is 8.50. The highest BCUT2D eigenvalue weighted by atomic mass is 32.2. The molecule has 0 radical (unpaired) electrons. The van der Waals surface area contributed by atoms with Gasteiger partial charge in [0.25, 0.3) is 5.56 Å². The number of nitrogens with zero attached hydrogens (tertiary/aromatic N) is 5. The second-order valence-electron chi connectivity index (χ2n) is 6.79. The van der Waals surface area contributed by atoms with Crippen LogP contribution in [0.4, 0.5) is 0 Å². The van der Waals surface area contributed by atoms with Crippen LogP contribution in [0.3, 0.4) is 0 Å². The summed E-state index contributed by atoms with van der Waals surface area (Å²) < 4.78 is 37.1. The lowest BCUT2D eigenvalue weighted by atomic mass is 10.3. The Morgan fingerprint density at radius 3 is 2.76 bits per heavy atom. The van der Waals surface area contributed by atoms with E-state index < -0.39 is 21.8 Å². The van der Waals surface area contributed by atoms with Gasteiger partial charge >= 0.3 is 5.76 Å². The molecule has 29 heavy (non-hydrogen) atoms. The number of nitrogens with one attached hydrogen (secondary N) is 1. The van der Waals surface area contributed by atoms with Crippen LogP contribution in [0.5, 0.6) is 0 Å². The summed E-state index contributed by atoms with van der Waals surface area (Å²) in [4.78, 5) is 28.3. The van der Waals surface area contributed by atoms with Crippen LogP contribution in [0.1, 0.15) is 6.92 Å². The number of sulfonamides is 1. The molecular weight excluding hydrogens is 400 g/mol. The van der Waals surface area contributed by atoms with Crippen LogP contribution in [-0.2, 0) is 30.7 Å². The molecular formula is C17H18N6O5S. The Labute approximate surface area is 164 Å². The summed E-state index contributed by atoms with van der Waals surface area (Å²) in [5, 5.41) is 4.36. The van der Waals surface area contributed by atoms with E-state index in [2.05, 4.69) is 14.8 Å². The fourth-order valence-corrected chi connectivity index (χ4v) is 4.39. The third kappa shape index (κ3) is 3.25. The van der Waals surface area contributed by atoms with Crippen molar-refractivity contribution < 1.29 is 12.8 Å². The van der Waals surface area contributed by atoms with Crippen molar-refractivity contribution in [1.29, 1.82) is 0 Å². The summed E-state index contributed by atoms with van der Waals surface area (Å²) in [5.74, 6) is -0.575. The van der Waals surface area contributed by atoms with Gasteiger partial charge in [-0.2, -0.15) is 5.10 Å². The summed E-state index contributed by atoms with van der Waals surface area (Å²) in [6.07, 6.45) is 2.79. The number of hydrogen-bond acceptors (Lipinski definition) is 7. The van der Waals surface area contributed by atoms with Crippen molar-refractivity contribution in [3.05, 3.63) is 51.6 Å². The minimum atomic E-state index is -3.90. The monoisotopic (exact) mass is 418 g/mol. The van der Waals surface area contributed by atoms with Gasteiger partial charge in [-0.15, -0.1) is 0 Å². The average Bonchev–Trinajstić information content (AvgIpc) is 3.17. The van der Waals surface area contributed by atoms with Crippen LogP contribution >= 0.6 is 0 Å². The first kappa shape index (κ1) is 19.1. The number of rotatable bonds is 5. The summed E-state index contributed by atoms with van der Waals surface area (Å²) in [6, 6.07) is 3.58. The zero-order valence-electron chi connectivity index (χ0n) is 15.9. The van der Waals surface area contributed by atoms with E-state index in [1.807, 2.05) is 0 Å². The lowest BCUT2D eigenvalue weighted by Crippen LogP contribution is -2.38. The standard InChI is InChI=1S/C17H18N6O5S/c1-10(8-23-9-18-15-12(16(23)24)7-19-22(15)3)20-29(26,27)11-4-5-13-14(6-11)28-17(25)21(13)2/h4-7,9-10,20H,8H2,1-3H3. The largest absolute Gasteiger partial charge is 0.419 e. The van der Waals surface area contributed by atoms with Crippen LogP contribution in [0.2, 0.25) is 0 Å². The van der Waals surface area contributed by atoms with Crippen molar-refractivity contribution in [3.63, 3.8) is 0 Å². The van der Waals surface area contributed by atoms with E-state index in [0.29, 0.717) is 16.6 Å². The molecule has 1 atom stereocenters. The van der Waals surface area contributed by atoms with Crippen LogP contribution in [0, 0.1) is 0 Å². The van der Waals surface area contributed by atoms with Crippen LogP contribution in [0.15, 0.2) is 49.6 Å². The van der Waals surface area contributed by atoms with Crippen LogP contribution < -0.4 is 16.0 Å². The molecule has 0 amide bonds. The van der Waals surface area contributed by atoms with Crippen molar-refractivity contribution >= 4 is 32.2 Å². The Bertz CT molecular complexity index is 1460. The van der Waals surface area contributed by atoms with Crippen molar-refractivity contribution in [2.45, 2.75) is 24.4 Å². The summed E-state index contributed by atoms with van der Waals surface area (Å²) in [7, 11) is -0.682. The smallest absolute Gasteiger partial charge is 0.408 e. The molecule has 1 N–H and O–H groups in total. The molecule has 0 spiro atoms. The maximum Gasteiger partial charge on any atom is 0.419 e. The highest BCUT2D eigenvalue weighted by Crippen LogP contribution is 2.18. The van der Waals surface area contributed by atoms with E-state index in [4.69, 9.17) is 4.42 Å². The molecule has 0 aliphatic carbocycles. The van der Waals surface area contributed by atoms with Gasteiger partial charge in [0, 0.05) is 32.7 Å². The predicted octanol–water partition coefficient (Wildman–Crippen LogP) is -0.0581.